The number of nitrogens with one attached hydrogen (secondary N) is 2. The average Bonchev–Trinajstić information content (AvgIpc) is 3.27. The van der Waals surface area contributed by atoms with E-state index < -0.39 is 6.04 Å². The first-order valence-electron chi connectivity index (χ1n) is 11.6. The number of hydrogen-bond acceptors (Lipinski definition) is 8. The lowest BCUT2D eigenvalue weighted by Crippen LogP contribution is -2.28. The van der Waals surface area contributed by atoms with Crippen LogP contribution in [0.5, 0.6) is 5.75 Å². The van der Waals surface area contributed by atoms with Crippen molar-refractivity contribution in [3.8, 4) is 17.0 Å². The van der Waals surface area contributed by atoms with Gasteiger partial charge in [-0.25, -0.2) is 4.98 Å². The maximum atomic E-state index is 11.0. The lowest BCUT2D eigenvalue weighted by atomic mass is 10.1. The zero-order chi connectivity index (χ0) is 24.1. The Labute approximate surface area is 204 Å². The normalized spacial score (nSPS) is 15.6. The number of likely N-dealkylation sites (N-methyl/N-ethyl adjacent to an activating group) is 1. The number of aromatic nitrogens is 3. The summed E-state index contributed by atoms with van der Waals surface area (Å²) in [5, 5.41) is 14.8. The molecule has 2 aromatic heterocycles. The average molecular weight is 487 g/mol. The van der Waals surface area contributed by atoms with Gasteiger partial charge in [-0.3, -0.25) is 0 Å². The van der Waals surface area contributed by atoms with Crippen LogP contribution in [0.4, 0.5) is 5.82 Å². The first-order valence-corrected chi connectivity index (χ1v) is 12.0. The molecular formula is C24H31ClN6O3. The van der Waals surface area contributed by atoms with Gasteiger partial charge in [0.25, 0.3) is 0 Å². The molecular weight excluding hydrogens is 456 g/mol. The summed E-state index contributed by atoms with van der Waals surface area (Å²) in [7, 11) is 1.77. The number of rotatable bonds is 10. The molecule has 1 aromatic carbocycles. The Morgan fingerprint density at radius 2 is 2.06 bits per heavy atom. The first-order chi connectivity index (χ1) is 16.5. The van der Waals surface area contributed by atoms with E-state index >= 15 is 0 Å². The number of nitroso groups, excluding NO2 is 1. The molecule has 0 saturated carbocycles. The third-order valence-corrected chi connectivity index (χ3v) is 6.11. The van der Waals surface area contributed by atoms with Gasteiger partial charge in [0.05, 0.1) is 11.9 Å². The van der Waals surface area contributed by atoms with Crippen molar-refractivity contribution in [1.29, 1.82) is 0 Å². The van der Waals surface area contributed by atoms with E-state index in [1.165, 1.54) is 0 Å². The Hall–Kier alpha value is -2.75. The predicted octanol–water partition coefficient (Wildman–Crippen LogP) is 4.50. The van der Waals surface area contributed by atoms with Crippen LogP contribution in [0.15, 0.2) is 35.6 Å². The van der Waals surface area contributed by atoms with Gasteiger partial charge in [0.15, 0.2) is 5.65 Å². The zero-order valence-electron chi connectivity index (χ0n) is 19.8. The van der Waals surface area contributed by atoms with Gasteiger partial charge >= 0.3 is 0 Å². The molecule has 0 aliphatic carbocycles. The molecule has 1 aliphatic heterocycles. The van der Waals surface area contributed by atoms with Crippen LogP contribution in [0, 0.1) is 4.91 Å². The fourth-order valence-electron chi connectivity index (χ4n) is 4.04. The van der Waals surface area contributed by atoms with Crippen molar-refractivity contribution in [3.05, 3.63) is 46.0 Å². The molecule has 9 nitrogen and oxygen atoms in total. The smallest absolute Gasteiger partial charge is 0.161 e. The van der Waals surface area contributed by atoms with Crippen LogP contribution >= 0.6 is 11.6 Å². The Kier molecular flexibility index (Phi) is 7.97. The fraction of sp³-hybridized carbons (Fsp3) is 0.500. The molecule has 0 amide bonds. The van der Waals surface area contributed by atoms with Gasteiger partial charge in [0, 0.05) is 48.0 Å². The molecule has 1 aliphatic rings. The maximum Gasteiger partial charge on any atom is 0.161 e. The summed E-state index contributed by atoms with van der Waals surface area (Å²) in [6, 6.07) is 7.28. The third-order valence-electron chi connectivity index (χ3n) is 5.89. The second kappa shape index (κ2) is 11.1. The van der Waals surface area contributed by atoms with Crippen LogP contribution in [-0.2, 0) is 4.74 Å². The minimum atomic E-state index is -0.488. The van der Waals surface area contributed by atoms with Gasteiger partial charge < -0.3 is 20.1 Å². The summed E-state index contributed by atoms with van der Waals surface area (Å²) in [5.74, 6) is 1.71. The van der Waals surface area contributed by atoms with Crippen molar-refractivity contribution < 1.29 is 9.47 Å². The Morgan fingerprint density at radius 1 is 1.26 bits per heavy atom. The van der Waals surface area contributed by atoms with E-state index in [4.69, 9.17) is 26.1 Å². The lowest BCUT2D eigenvalue weighted by Gasteiger charge is -2.24. The van der Waals surface area contributed by atoms with Crippen molar-refractivity contribution >= 4 is 23.1 Å². The van der Waals surface area contributed by atoms with Crippen molar-refractivity contribution in [2.75, 3.05) is 38.7 Å². The molecule has 34 heavy (non-hydrogen) atoms. The summed E-state index contributed by atoms with van der Waals surface area (Å²) in [5.41, 5.74) is 3.46. The van der Waals surface area contributed by atoms with Gasteiger partial charge in [0.1, 0.15) is 24.2 Å². The SMILES string of the molecule is CNC[C@@H](COc1cc(Cl)cc(-c2cc(NC3CCOCC3)n3ncc(C(C)C)c3n2)c1)N=O. The van der Waals surface area contributed by atoms with E-state index in [-0.39, 0.29) is 12.5 Å². The quantitative estimate of drug-likeness (QED) is 0.407. The van der Waals surface area contributed by atoms with Gasteiger partial charge in [-0.2, -0.15) is 14.5 Å². The number of anilines is 1. The molecule has 0 unspecified atom stereocenters. The monoisotopic (exact) mass is 486 g/mol. The summed E-state index contributed by atoms with van der Waals surface area (Å²) in [6.07, 6.45) is 3.75. The molecule has 0 bridgehead atoms. The minimum Gasteiger partial charge on any atom is -0.491 e. The summed E-state index contributed by atoms with van der Waals surface area (Å²) in [6.45, 7) is 6.35. The standard InChI is InChI=1S/C24H31ClN6O3/c1-15(2)21-13-27-31-23(28-18-4-6-33-7-5-18)11-22(29-24(21)31)16-8-17(25)10-20(9-16)34-14-19(30-32)12-26-3/h8-11,13,15,18-19,26,28H,4-7,12,14H2,1-3H3/t19-/m0/s1. The maximum absolute atomic E-state index is 11.0. The highest BCUT2D eigenvalue weighted by molar-refractivity contribution is 6.31. The van der Waals surface area contributed by atoms with Gasteiger partial charge in [-0.05, 0) is 44.0 Å². The Morgan fingerprint density at radius 3 is 2.76 bits per heavy atom. The fourth-order valence-corrected chi connectivity index (χ4v) is 4.26. The van der Waals surface area contributed by atoms with Crippen LogP contribution in [0.1, 0.15) is 38.2 Å². The number of ether oxygens (including phenoxy) is 2. The van der Waals surface area contributed by atoms with Crippen molar-refractivity contribution in [1.82, 2.24) is 19.9 Å². The lowest BCUT2D eigenvalue weighted by molar-refractivity contribution is 0.0903. The van der Waals surface area contributed by atoms with Crippen molar-refractivity contribution in [2.45, 2.75) is 44.7 Å². The first kappa shape index (κ1) is 24.4. The Balaban J connectivity index is 1.70. The Bertz CT molecular complexity index is 1130. The van der Waals surface area contributed by atoms with E-state index in [1.54, 1.807) is 13.1 Å². The second-order valence-corrected chi connectivity index (χ2v) is 9.29. The molecule has 2 N–H and O–H groups in total. The van der Waals surface area contributed by atoms with E-state index in [0.717, 1.165) is 54.3 Å². The highest BCUT2D eigenvalue weighted by Crippen LogP contribution is 2.32. The molecule has 3 heterocycles. The molecule has 1 saturated heterocycles. The molecule has 182 valence electrons. The number of benzene rings is 1. The number of halogens is 1. The molecule has 1 fully saturated rings. The van der Waals surface area contributed by atoms with E-state index in [9.17, 15) is 4.91 Å². The zero-order valence-corrected chi connectivity index (χ0v) is 20.5. The second-order valence-electron chi connectivity index (χ2n) is 8.85. The highest BCUT2D eigenvalue weighted by Gasteiger charge is 2.19. The number of nitrogens with zero attached hydrogens (tertiary/aromatic N) is 4. The van der Waals surface area contributed by atoms with Crippen LogP contribution < -0.4 is 15.4 Å². The summed E-state index contributed by atoms with van der Waals surface area (Å²) < 4.78 is 13.2. The largest absolute Gasteiger partial charge is 0.491 e. The molecule has 3 aromatic rings. The van der Waals surface area contributed by atoms with Crippen LogP contribution in [0.25, 0.3) is 16.9 Å². The van der Waals surface area contributed by atoms with E-state index in [0.29, 0.717) is 23.4 Å². The van der Waals surface area contributed by atoms with E-state index in [2.05, 4.69) is 34.8 Å². The number of fused-ring (bicyclic) bond motifs is 1. The molecule has 1 atom stereocenters. The van der Waals surface area contributed by atoms with Crippen LogP contribution in [0.2, 0.25) is 5.02 Å². The van der Waals surface area contributed by atoms with Gasteiger partial charge in [0.2, 0.25) is 0 Å². The van der Waals surface area contributed by atoms with Crippen LogP contribution in [-0.4, -0.2) is 60.1 Å². The molecule has 0 radical (unpaired) electrons. The predicted molar refractivity (Wildman–Crippen MR) is 134 cm³/mol. The highest BCUT2D eigenvalue weighted by atomic mass is 35.5. The molecule has 10 heteroatoms. The third kappa shape index (κ3) is 5.65. The minimum absolute atomic E-state index is 0.160. The van der Waals surface area contributed by atoms with Crippen molar-refractivity contribution in [3.63, 3.8) is 0 Å². The van der Waals surface area contributed by atoms with Crippen LogP contribution in [0.3, 0.4) is 0 Å². The van der Waals surface area contributed by atoms with Gasteiger partial charge in [-0.1, -0.05) is 30.6 Å². The van der Waals surface area contributed by atoms with Gasteiger partial charge in [-0.15, -0.1) is 0 Å². The molecule has 4 rings (SSSR count). The van der Waals surface area contributed by atoms with E-state index in [1.807, 2.05) is 28.9 Å². The summed E-state index contributed by atoms with van der Waals surface area (Å²) >= 11 is 6.43. The number of hydrogen-bond donors (Lipinski definition) is 2. The van der Waals surface area contributed by atoms with Crippen molar-refractivity contribution in [2.24, 2.45) is 5.18 Å². The summed E-state index contributed by atoms with van der Waals surface area (Å²) in [4.78, 5) is 16.0. The topological polar surface area (TPSA) is 102 Å². The molecule has 0 spiro atoms.